The Hall–Kier alpha value is -2.14. The van der Waals surface area contributed by atoms with Crippen molar-refractivity contribution >= 4 is 23.1 Å². The van der Waals surface area contributed by atoms with Gasteiger partial charge in [0.15, 0.2) is 5.15 Å². The van der Waals surface area contributed by atoms with Crippen molar-refractivity contribution in [2.45, 2.75) is 13.0 Å². The molecule has 0 bridgehead atoms. The second kappa shape index (κ2) is 5.09. The van der Waals surface area contributed by atoms with Gasteiger partial charge in [-0.25, -0.2) is 8.91 Å². The van der Waals surface area contributed by atoms with Gasteiger partial charge in [-0.3, -0.25) is 0 Å². The quantitative estimate of drug-likeness (QED) is 0.800. The van der Waals surface area contributed by atoms with E-state index in [9.17, 15) is 4.39 Å². The summed E-state index contributed by atoms with van der Waals surface area (Å²) in [5.41, 5.74) is 1.70. The molecule has 0 saturated heterocycles. The average Bonchev–Trinajstić information content (AvgIpc) is 2.88. The Morgan fingerprint density at radius 3 is 2.75 bits per heavy atom. The van der Waals surface area contributed by atoms with Crippen molar-refractivity contribution in [3.05, 3.63) is 59.1 Å². The standard InChI is InChI=1S/C14H12ClFN4/c1-9(10-4-6-11(16)7-5-10)17-14-18-13(15)12-3-2-8-20(12)19-14/h2-9H,1H3,(H,17,19). The van der Waals surface area contributed by atoms with Crippen LogP contribution >= 0.6 is 11.6 Å². The molecule has 1 atom stereocenters. The van der Waals surface area contributed by atoms with Gasteiger partial charge in [0.1, 0.15) is 11.3 Å². The largest absolute Gasteiger partial charge is 0.346 e. The maximum Gasteiger partial charge on any atom is 0.242 e. The molecule has 4 nitrogen and oxygen atoms in total. The molecule has 0 saturated carbocycles. The van der Waals surface area contributed by atoms with Gasteiger partial charge in [0.25, 0.3) is 0 Å². The first kappa shape index (κ1) is 12.9. The fraction of sp³-hybridized carbons (Fsp3) is 0.143. The van der Waals surface area contributed by atoms with Crippen LogP contribution in [0.1, 0.15) is 18.5 Å². The number of fused-ring (bicyclic) bond motifs is 1. The van der Waals surface area contributed by atoms with E-state index in [1.807, 2.05) is 19.1 Å². The lowest BCUT2D eigenvalue weighted by Gasteiger charge is -2.14. The lowest BCUT2D eigenvalue weighted by molar-refractivity contribution is 0.626. The highest BCUT2D eigenvalue weighted by Crippen LogP contribution is 2.20. The van der Waals surface area contributed by atoms with E-state index >= 15 is 0 Å². The van der Waals surface area contributed by atoms with Gasteiger partial charge in [-0.1, -0.05) is 23.7 Å². The predicted octanol–water partition coefficient (Wildman–Crippen LogP) is 3.69. The molecule has 3 rings (SSSR count). The number of nitrogens with one attached hydrogen (secondary N) is 1. The van der Waals surface area contributed by atoms with Gasteiger partial charge >= 0.3 is 0 Å². The fourth-order valence-corrected chi connectivity index (χ4v) is 2.22. The molecule has 1 aromatic carbocycles. The minimum atomic E-state index is -0.256. The van der Waals surface area contributed by atoms with Crippen LogP contribution in [-0.4, -0.2) is 14.6 Å². The molecule has 0 radical (unpaired) electrons. The molecule has 1 unspecified atom stereocenters. The van der Waals surface area contributed by atoms with E-state index in [1.54, 1.807) is 22.8 Å². The highest BCUT2D eigenvalue weighted by molar-refractivity contribution is 6.32. The van der Waals surface area contributed by atoms with Crippen molar-refractivity contribution in [3.8, 4) is 0 Å². The zero-order valence-electron chi connectivity index (χ0n) is 10.7. The maximum absolute atomic E-state index is 12.9. The Bertz CT molecular complexity index is 739. The number of hydrogen-bond donors (Lipinski definition) is 1. The van der Waals surface area contributed by atoms with Crippen LogP contribution in [0.25, 0.3) is 5.52 Å². The van der Waals surface area contributed by atoms with E-state index in [-0.39, 0.29) is 11.9 Å². The van der Waals surface area contributed by atoms with Crippen LogP contribution in [-0.2, 0) is 0 Å². The average molecular weight is 291 g/mol. The van der Waals surface area contributed by atoms with Crippen LogP contribution in [0.5, 0.6) is 0 Å². The first-order valence-corrected chi connectivity index (χ1v) is 6.54. The van der Waals surface area contributed by atoms with Gasteiger partial charge < -0.3 is 5.32 Å². The van der Waals surface area contributed by atoms with Crippen molar-refractivity contribution in [1.29, 1.82) is 0 Å². The molecule has 1 N–H and O–H groups in total. The molecule has 2 heterocycles. The van der Waals surface area contributed by atoms with Crippen LogP contribution in [0, 0.1) is 5.82 Å². The van der Waals surface area contributed by atoms with Gasteiger partial charge in [0.05, 0.1) is 6.04 Å². The number of hydrogen-bond acceptors (Lipinski definition) is 3. The van der Waals surface area contributed by atoms with E-state index in [1.165, 1.54) is 12.1 Å². The van der Waals surface area contributed by atoms with E-state index in [0.717, 1.165) is 11.1 Å². The number of halogens is 2. The molecule has 2 aromatic heterocycles. The number of rotatable bonds is 3. The molecule has 0 fully saturated rings. The molecule has 20 heavy (non-hydrogen) atoms. The van der Waals surface area contributed by atoms with Crippen LogP contribution in [0.4, 0.5) is 10.3 Å². The Kier molecular flexibility index (Phi) is 3.28. The summed E-state index contributed by atoms with van der Waals surface area (Å²) in [5, 5.41) is 7.85. The summed E-state index contributed by atoms with van der Waals surface area (Å²) in [6, 6.07) is 9.94. The number of benzene rings is 1. The Labute approximate surface area is 120 Å². The summed E-state index contributed by atoms with van der Waals surface area (Å²) in [7, 11) is 0. The van der Waals surface area contributed by atoms with E-state index < -0.39 is 0 Å². The zero-order chi connectivity index (χ0) is 14.1. The van der Waals surface area contributed by atoms with Crippen LogP contribution in [0.15, 0.2) is 42.6 Å². The lowest BCUT2D eigenvalue weighted by atomic mass is 10.1. The summed E-state index contributed by atoms with van der Waals surface area (Å²) < 4.78 is 14.6. The van der Waals surface area contributed by atoms with Crippen molar-refractivity contribution in [2.24, 2.45) is 0 Å². The smallest absolute Gasteiger partial charge is 0.242 e. The minimum absolute atomic E-state index is 0.0559. The summed E-state index contributed by atoms with van der Waals surface area (Å²) in [5.74, 6) is 0.171. The first-order chi connectivity index (χ1) is 9.63. The summed E-state index contributed by atoms with van der Waals surface area (Å²) in [6.45, 7) is 1.95. The molecular weight excluding hydrogens is 279 g/mol. The van der Waals surface area contributed by atoms with E-state index in [0.29, 0.717) is 11.1 Å². The second-order valence-corrected chi connectivity index (χ2v) is 4.84. The number of anilines is 1. The van der Waals surface area contributed by atoms with Crippen molar-refractivity contribution in [3.63, 3.8) is 0 Å². The van der Waals surface area contributed by atoms with Crippen molar-refractivity contribution in [2.75, 3.05) is 5.32 Å². The number of aromatic nitrogens is 3. The van der Waals surface area contributed by atoms with Gasteiger partial charge in [0, 0.05) is 6.20 Å². The maximum atomic E-state index is 12.9. The highest BCUT2D eigenvalue weighted by atomic mass is 35.5. The minimum Gasteiger partial charge on any atom is -0.346 e. The first-order valence-electron chi connectivity index (χ1n) is 6.16. The topological polar surface area (TPSA) is 42.2 Å². The van der Waals surface area contributed by atoms with E-state index in [2.05, 4.69) is 15.4 Å². The van der Waals surface area contributed by atoms with Gasteiger partial charge in [0.2, 0.25) is 5.95 Å². The highest BCUT2D eigenvalue weighted by Gasteiger charge is 2.10. The summed E-state index contributed by atoms with van der Waals surface area (Å²) >= 11 is 6.09. The van der Waals surface area contributed by atoms with Crippen LogP contribution in [0.2, 0.25) is 5.15 Å². The Morgan fingerprint density at radius 2 is 2.00 bits per heavy atom. The molecule has 0 spiro atoms. The summed E-state index contributed by atoms with van der Waals surface area (Å²) in [6.07, 6.45) is 1.80. The third-order valence-electron chi connectivity index (χ3n) is 3.06. The monoisotopic (exact) mass is 290 g/mol. The Balaban J connectivity index is 1.86. The third-order valence-corrected chi connectivity index (χ3v) is 3.34. The normalized spacial score (nSPS) is 12.6. The SMILES string of the molecule is CC(Nc1nc(Cl)c2cccn2n1)c1ccc(F)cc1. The van der Waals surface area contributed by atoms with Gasteiger partial charge in [-0.2, -0.15) is 4.98 Å². The lowest BCUT2D eigenvalue weighted by Crippen LogP contribution is -2.11. The predicted molar refractivity (Wildman–Crippen MR) is 76.4 cm³/mol. The van der Waals surface area contributed by atoms with Gasteiger partial charge in [-0.15, -0.1) is 5.10 Å². The molecular formula is C14H12ClFN4. The van der Waals surface area contributed by atoms with Gasteiger partial charge in [-0.05, 0) is 36.8 Å². The molecule has 0 aliphatic carbocycles. The fourth-order valence-electron chi connectivity index (χ4n) is 1.99. The molecule has 6 heteroatoms. The molecule has 3 aromatic rings. The molecule has 0 aliphatic rings. The molecule has 102 valence electrons. The number of nitrogens with zero attached hydrogens (tertiary/aromatic N) is 3. The van der Waals surface area contributed by atoms with E-state index in [4.69, 9.17) is 11.6 Å². The zero-order valence-corrected chi connectivity index (χ0v) is 11.5. The van der Waals surface area contributed by atoms with Crippen LogP contribution < -0.4 is 5.32 Å². The third kappa shape index (κ3) is 2.44. The Morgan fingerprint density at radius 1 is 1.25 bits per heavy atom. The van der Waals surface area contributed by atoms with Crippen molar-refractivity contribution < 1.29 is 4.39 Å². The van der Waals surface area contributed by atoms with Crippen molar-refractivity contribution in [1.82, 2.24) is 14.6 Å². The summed E-state index contributed by atoms with van der Waals surface area (Å²) in [4.78, 5) is 4.20. The second-order valence-electron chi connectivity index (χ2n) is 4.48. The molecule has 0 aliphatic heterocycles. The van der Waals surface area contributed by atoms with Crippen LogP contribution in [0.3, 0.4) is 0 Å². The molecule has 0 amide bonds.